The fourth-order valence-corrected chi connectivity index (χ4v) is 4.90. The van der Waals surface area contributed by atoms with Gasteiger partial charge in [-0.2, -0.15) is 0 Å². The van der Waals surface area contributed by atoms with E-state index in [0.717, 1.165) is 16.0 Å². The summed E-state index contributed by atoms with van der Waals surface area (Å²) in [4.78, 5) is 38.4. The van der Waals surface area contributed by atoms with Crippen molar-refractivity contribution in [2.45, 2.75) is 82.0 Å². The third-order valence-corrected chi connectivity index (χ3v) is 7.16. The predicted molar refractivity (Wildman–Crippen MR) is 152 cm³/mol. The standard InChI is InChI=1S/C31H40O6S/c1-5-24-12-14-25(15-13-24)16-17-27(20-23(3)32)36-31(34)22-28(37-30(33)21-26(6-2)35-4)18-19-38-29-10-8-7-9-11-29/h5,7-15,26-28H,1,6,16-22H2,2-4H3. The molecule has 3 atom stereocenters. The highest BCUT2D eigenvalue weighted by atomic mass is 32.2. The Labute approximate surface area is 231 Å². The lowest BCUT2D eigenvalue weighted by molar-refractivity contribution is -0.159. The van der Waals surface area contributed by atoms with Gasteiger partial charge in [-0.1, -0.05) is 62.0 Å². The summed E-state index contributed by atoms with van der Waals surface area (Å²) < 4.78 is 16.7. The van der Waals surface area contributed by atoms with Gasteiger partial charge in [-0.05, 0) is 55.9 Å². The number of ether oxygens (including phenoxy) is 3. The quantitative estimate of drug-likeness (QED) is 0.159. The molecule has 206 valence electrons. The van der Waals surface area contributed by atoms with E-state index in [2.05, 4.69) is 6.58 Å². The highest BCUT2D eigenvalue weighted by Crippen LogP contribution is 2.21. The number of benzene rings is 2. The lowest BCUT2D eigenvalue weighted by Gasteiger charge is -2.21. The Kier molecular flexibility index (Phi) is 14.5. The van der Waals surface area contributed by atoms with Crippen LogP contribution in [0.4, 0.5) is 0 Å². The van der Waals surface area contributed by atoms with E-state index >= 15 is 0 Å². The summed E-state index contributed by atoms with van der Waals surface area (Å²) >= 11 is 1.64. The molecule has 2 aromatic carbocycles. The van der Waals surface area contributed by atoms with Gasteiger partial charge in [-0.3, -0.25) is 14.4 Å². The number of esters is 2. The van der Waals surface area contributed by atoms with Crippen LogP contribution in [0.1, 0.15) is 63.5 Å². The smallest absolute Gasteiger partial charge is 0.309 e. The summed E-state index contributed by atoms with van der Waals surface area (Å²) in [6.07, 6.45) is 2.99. The lowest BCUT2D eigenvalue weighted by Crippen LogP contribution is -2.28. The number of aryl methyl sites for hydroxylation is 1. The number of carbonyl (C=O) groups excluding carboxylic acids is 3. The molecule has 0 bridgehead atoms. The van der Waals surface area contributed by atoms with Crippen molar-refractivity contribution in [2.75, 3.05) is 12.9 Å². The van der Waals surface area contributed by atoms with Crippen molar-refractivity contribution in [3.63, 3.8) is 0 Å². The van der Waals surface area contributed by atoms with Crippen molar-refractivity contribution in [3.8, 4) is 0 Å². The maximum absolute atomic E-state index is 12.9. The molecule has 0 aromatic heterocycles. The maximum Gasteiger partial charge on any atom is 0.309 e. The van der Waals surface area contributed by atoms with Crippen molar-refractivity contribution in [1.29, 1.82) is 0 Å². The number of ketones is 1. The fraction of sp³-hybridized carbons (Fsp3) is 0.452. The molecular weight excluding hydrogens is 500 g/mol. The van der Waals surface area contributed by atoms with Crippen LogP contribution in [0.2, 0.25) is 0 Å². The third-order valence-electron chi connectivity index (χ3n) is 6.11. The van der Waals surface area contributed by atoms with Gasteiger partial charge in [0.05, 0.1) is 18.9 Å². The molecule has 6 nitrogen and oxygen atoms in total. The number of methoxy groups -OCH3 is 1. The zero-order chi connectivity index (χ0) is 27.8. The van der Waals surface area contributed by atoms with Crippen LogP contribution < -0.4 is 0 Å². The van der Waals surface area contributed by atoms with Crippen LogP contribution in [-0.2, 0) is 35.0 Å². The Balaban J connectivity index is 1.98. The summed E-state index contributed by atoms with van der Waals surface area (Å²) in [5, 5.41) is 0. The minimum atomic E-state index is -0.620. The Bertz CT molecular complexity index is 1000. The number of carbonyl (C=O) groups is 3. The molecule has 0 amide bonds. The van der Waals surface area contributed by atoms with Gasteiger partial charge in [0, 0.05) is 24.2 Å². The number of Topliss-reactive ketones (excluding diaryl/α,β-unsaturated/α-hetero) is 1. The van der Waals surface area contributed by atoms with Gasteiger partial charge in [0.25, 0.3) is 0 Å². The van der Waals surface area contributed by atoms with Gasteiger partial charge in [0.2, 0.25) is 0 Å². The van der Waals surface area contributed by atoms with E-state index < -0.39 is 24.1 Å². The zero-order valence-electron chi connectivity index (χ0n) is 22.7. The highest BCUT2D eigenvalue weighted by Gasteiger charge is 2.24. The Morgan fingerprint density at radius 2 is 1.47 bits per heavy atom. The molecule has 2 aromatic rings. The first kappa shape index (κ1) is 31.3. The van der Waals surface area contributed by atoms with Crippen LogP contribution in [0.25, 0.3) is 6.08 Å². The monoisotopic (exact) mass is 540 g/mol. The lowest BCUT2D eigenvalue weighted by atomic mass is 10.0. The van der Waals surface area contributed by atoms with Crippen molar-refractivity contribution >= 4 is 35.6 Å². The SMILES string of the molecule is C=Cc1ccc(CCC(CC(C)=O)OC(=O)CC(CCSc2ccccc2)OC(=O)CC(CC)OC)cc1. The van der Waals surface area contributed by atoms with E-state index in [1.807, 2.05) is 61.5 Å². The van der Waals surface area contributed by atoms with Crippen LogP contribution in [0.15, 0.2) is 66.1 Å². The van der Waals surface area contributed by atoms with Crippen LogP contribution >= 0.6 is 11.8 Å². The number of hydrogen-bond acceptors (Lipinski definition) is 7. The molecule has 3 unspecified atom stereocenters. The minimum Gasteiger partial charge on any atom is -0.462 e. The summed E-state index contributed by atoms with van der Waals surface area (Å²) in [6, 6.07) is 17.9. The third kappa shape index (κ3) is 12.6. The second-order valence-electron chi connectivity index (χ2n) is 9.24. The molecule has 0 heterocycles. The molecule has 0 aliphatic heterocycles. The van der Waals surface area contributed by atoms with E-state index in [9.17, 15) is 14.4 Å². The molecular formula is C31H40O6S. The van der Waals surface area contributed by atoms with E-state index in [4.69, 9.17) is 14.2 Å². The summed E-state index contributed by atoms with van der Waals surface area (Å²) in [6.45, 7) is 7.20. The number of thioether (sulfide) groups is 1. The molecule has 0 radical (unpaired) electrons. The minimum absolute atomic E-state index is 0.0442. The number of hydrogen-bond donors (Lipinski definition) is 0. The molecule has 0 fully saturated rings. The molecule has 0 saturated carbocycles. The molecule has 0 aliphatic rings. The van der Waals surface area contributed by atoms with Gasteiger partial charge in [-0.25, -0.2) is 0 Å². The van der Waals surface area contributed by atoms with Crippen molar-refractivity contribution in [2.24, 2.45) is 0 Å². The van der Waals surface area contributed by atoms with E-state index in [1.54, 1.807) is 24.9 Å². The van der Waals surface area contributed by atoms with Crippen LogP contribution in [0, 0.1) is 0 Å². The van der Waals surface area contributed by atoms with Crippen LogP contribution in [0.3, 0.4) is 0 Å². The van der Waals surface area contributed by atoms with E-state index in [-0.39, 0.29) is 31.1 Å². The van der Waals surface area contributed by atoms with Gasteiger partial charge < -0.3 is 14.2 Å². The maximum atomic E-state index is 12.9. The number of rotatable bonds is 18. The summed E-state index contributed by atoms with van der Waals surface area (Å²) in [7, 11) is 1.57. The molecule has 0 spiro atoms. The van der Waals surface area contributed by atoms with E-state index in [1.165, 1.54) is 6.92 Å². The van der Waals surface area contributed by atoms with Crippen molar-refractivity contribution in [1.82, 2.24) is 0 Å². The van der Waals surface area contributed by atoms with Gasteiger partial charge in [-0.15, -0.1) is 11.8 Å². The van der Waals surface area contributed by atoms with E-state index in [0.29, 0.717) is 31.4 Å². The topological polar surface area (TPSA) is 78.9 Å². The van der Waals surface area contributed by atoms with Gasteiger partial charge in [0.15, 0.2) is 0 Å². The first-order valence-corrected chi connectivity index (χ1v) is 14.1. The zero-order valence-corrected chi connectivity index (χ0v) is 23.5. The summed E-state index contributed by atoms with van der Waals surface area (Å²) in [5.41, 5.74) is 2.12. The predicted octanol–water partition coefficient (Wildman–Crippen LogP) is 6.45. The molecule has 0 N–H and O–H groups in total. The average Bonchev–Trinajstić information content (AvgIpc) is 2.90. The first-order valence-electron chi connectivity index (χ1n) is 13.1. The molecule has 0 aliphatic carbocycles. The van der Waals surface area contributed by atoms with Gasteiger partial charge in [0.1, 0.15) is 18.0 Å². The molecule has 2 rings (SSSR count). The Morgan fingerprint density at radius 3 is 2.03 bits per heavy atom. The first-order chi connectivity index (χ1) is 18.3. The molecule has 38 heavy (non-hydrogen) atoms. The average molecular weight is 541 g/mol. The summed E-state index contributed by atoms with van der Waals surface area (Å²) in [5.74, 6) is -0.241. The molecule has 7 heteroatoms. The van der Waals surface area contributed by atoms with Crippen molar-refractivity contribution in [3.05, 3.63) is 72.3 Å². The molecule has 0 saturated heterocycles. The highest BCUT2D eigenvalue weighted by molar-refractivity contribution is 7.99. The van der Waals surface area contributed by atoms with Crippen LogP contribution in [-0.4, -0.2) is 48.9 Å². The largest absolute Gasteiger partial charge is 0.462 e. The normalized spacial score (nSPS) is 13.2. The Morgan fingerprint density at radius 1 is 0.868 bits per heavy atom. The second kappa shape index (κ2) is 17.6. The fourth-order valence-electron chi connectivity index (χ4n) is 3.93. The Hall–Kier alpha value is -2.90. The second-order valence-corrected chi connectivity index (χ2v) is 10.4. The van der Waals surface area contributed by atoms with Crippen molar-refractivity contribution < 1.29 is 28.6 Å². The van der Waals surface area contributed by atoms with Gasteiger partial charge >= 0.3 is 11.9 Å². The van der Waals surface area contributed by atoms with Crippen LogP contribution in [0.5, 0.6) is 0 Å².